The van der Waals surface area contributed by atoms with Crippen molar-refractivity contribution in [2.45, 2.75) is 33.6 Å². The molecule has 0 aliphatic rings. The van der Waals surface area contributed by atoms with Gasteiger partial charge in [0.25, 0.3) is 0 Å². The first-order valence-corrected chi connectivity index (χ1v) is 6.32. The molecule has 5 heteroatoms. The zero-order valence-electron chi connectivity index (χ0n) is 11.3. The average molecular weight is 261 g/mol. The Hall–Kier alpha value is -2.04. The van der Waals surface area contributed by atoms with Crippen molar-refractivity contribution in [2.24, 2.45) is 0 Å². The van der Waals surface area contributed by atoms with E-state index in [4.69, 9.17) is 0 Å². The Morgan fingerprint density at radius 2 is 2.11 bits per heavy atom. The van der Waals surface area contributed by atoms with E-state index in [0.29, 0.717) is 24.1 Å². The van der Waals surface area contributed by atoms with Gasteiger partial charge >= 0.3 is 0 Å². The molecule has 0 aliphatic carbocycles. The molecule has 19 heavy (non-hydrogen) atoms. The quantitative estimate of drug-likeness (QED) is 0.795. The van der Waals surface area contributed by atoms with Crippen molar-refractivity contribution in [1.82, 2.24) is 15.0 Å². The van der Waals surface area contributed by atoms with Gasteiger partial charge < -0.3 is 0 Å². The molecule has 0 aliphatic heterocycles. The lowest BCUT2D eigenvalue weighted by Gasteiger charge is -2.07. The van der Waals surface area contributed by atoms with Crippen LogP contribution in [0.5, 0.6) is 0 Å². The van der Waals surface area contributed by atoms with Gasteiger partial charge in [0.2, 0.25) is 0 Å². The van der Waals surface area contributed by atoms with Gasteiger partial charge in [-0.3, -0.25) is 4.79 Å². The van der Waals surface area contributed by atoms with Gasteiger partial charge in [-0.1, -0.05) is 19.1 Å². The molecular weight excluding hydrogens is 245 g/mol. The van der Waals surface area contributed by atoms with Gasteiger partial charge in [-0.25, -0.2) is 9.07 Å². The van der Waals surface area contributed by atoms with Crippen LogP contribution in [-0.2, 0) is 6.42 Å². The highest BCUT2D eigenvalue weighted by molar-refractivity contribution is 5.95. The Balaban J connectivity index is 2.53. The topological polar surface area (TPSA) is 47.8 Å². The highest BCUT2D eigenvalue weighted by Gasteiger charge is 2.18. The van der Waals surface area contributed by atoms with Crippen LogP contribution in [0, 0.1) is 12.7 Å². The first-order valence-electron chi connectivity index (χ1n) is 6.32. The number of carbonyl (C=O) groups excluding carboxylic acids is 1. The fourth-order valence-corrected chi connectivity index (χ4v) is 1.97. The first kappa shape index (κ1) is 13.4. The first-order chi connectivity index (χ1) is 9.08. The number of carbonyl (C=O) groups is 1. The number of nitrogens with zero attached hydrogens (tertiary/aromatic N) is 3. The van der Waals surface area contributed by atoms with Crippen LogP contribution in [0.15, 0.2) is 18.2 Å². The molecule has 0 saturated heterocycles. The van der Waals surface area contributed by atoms with E-state index in [1.807, 2.05) is 6.92 Å². The summed E-state index contributed by atoms with van der Waals surface area (Å²) in [5.74, 6) is -0.284. The van der Waals surface area contributed by atoms with Crippen LogP contribution in [-0.4, -0.2) is 20.8 Å². The number of aryl methyl sites for hydroxylation is 1. The molecule has 0 saturated carbocycles. The Bertz CT molecular complexity index is 619. The summed E-state index contributed by atoms with van der Waals surface area (Å²) in [5.41, 5.74) is 2.43. The predicted molar refractivity (Wildman–Crippen MR) is 70.1 cm³/mol. The van der Waals surface area contributed by atoms with Gasteiger partial charge in [0.05, 0.1) is 11.4 Å². The third kappa shape index (κ3) is 2.41. The second kappa shape index (κ2) is 5.30. The lowest BCUT2D eigenvalue weighted by Crippen LogP contribution is -2.06. The lowest BCUT2D eigenvalue weighted by atomic mass is 10.1. The maximum absolute atomic E-state index is 13.3. The minimum atomic E-state index is -0.258. The molecule has 0 atom stereocenters. The highest BCUT2D eigenvalue weighted by atomic mass is 19.1. The Labute approximate surface area is 111 Å². The largest absolute Gasteiger partial charge is 0.292 e. The zero-order chi connectivity index (χ0) is 14.0. The maximum atomic E-state index is 13.3. The number of hydrogen-bond donors (Lipinski definition) is 0. The van der Waals surface area contributed by atoms with E-state index in [9.17, 15) is 9.18 Å². The van der Waals surface area contributed by atoms with Crippen LogP contribution in [0.25, 0.3) is 5.69 Å². The van der Waals surface area contributed by atoms with Gasteiger partial charge in [-0.2, -0.15) is 0 Å². The average Bonchev–Trinajstić information content (AvgIpc) is 2.84. The van der Waals surface area contributed by atoms with Gasteiger partial charge in [0, 0.05) is 6.42 Å². The SMILES string of the molecule is CCC(=O)c1nnn(-c2ccc(F)c(C)c2)c1CC. The predicted octanol–water partition coefficient (Wildman–Crippen LogP) is 2.87. The molecule has 0 fully saturated rings. The lowest BCUT2D eigenvalue weighted by molar-refractivity contribution is 0.0982. The van der Waals surface area contributed by atoms with E-state index in [1.54, 1.807) is 30.7 Å². The van der Waals surface area contributed by atoms with Gasteiger partial charge in [-0.15, -0.1) is 5.10 Å². The van der Waals surface area contributed by atoms with E-state index < -0.39 is 0 Å². The van der Waals surface area contributed by atoms with Crippen LogP contribution < -0.4 is 0 Å². The van der Waals surface area contributed by atoms with Crippen LogP contribution in [0.1, 0.15) is 42.0 Å². The van der Waals surface area contributed by atoms with Gasteiger partial charge in [-0.05, 0) is 37.1 Å². The molecule has 1 aromatic heterocycles. The summed E-state index contributed by atoms with van der Waals surface area (Å²) in [4.78, 5) is 11.8. The van der Waals surface area contributed by atoms with E-state index in [-0.39, 0.29) is 11.6 Å². The zero-order valence-corrected chi connectivity index (χ0v) is 11.3. The molecule has 4 nitrogen and oxygen atoms in total. The Kier molecular flexibility index (Phi) is 3.74. The van der Waals surface area contributed by atoms with Crippen LogP contribution in [0.3, 0.4) is 0 Å². The van der Waals surface area contributed by atoms with Crippen LogP contribution in [0.2, 0.25) is 0 Å². The molecule has 0 unspecified atom stereocenters. The Morgan fingerprint density at radius 1 is 1.37 bits per heavy atom. The molecule has 1 heterocycles. The summed E-state index contributed by atoms with van der Waals surface area (Å²) in [6.45, 7) is 5.43. The van der Waals surface area contributed by atoms with Crippen molar-refractivity contribution < 1.29 is 9.18 Å². The third-order valence-electron chi connectivity index (χ3n) is 3.07. The van der Waals surface area contributed by atoms with Gasteiger partial charge in [0.1, 0.15) is 5.82 Å². The summed E-state index contributed by atoms with van der Waals surface area (Å²) < 4.78 is 14.9. The number of ketones is 1. The molecule has 0 bridgehead atoms. The number of halogens is 1. The fraction of sp³-hybridized carbons (Fsp3) is 0.357. The standard InChI is InChI=1S/C14H16FN3O/c1-4-12-14(13(19)5-2)16-17-18(12)10-6-7-11(15)9(3)8-10/h6-8H,4-5H2,1-3H3. The number of Topliss-reactive ketones (excluding diaryl/α,β-unsaturated/α-hetero) is 1. The molecule has 0 spiro atoms. The number of rotatable bonds is 4. The van der Waals surface area contributed by atoms with Crippen molar-refractivity contribution in [3.63, 3.8) is 0 Å². The van der Waals surface area contributed by atoms with E-state index in [2.05, 4.69) is 10.3 Å². The van der Waals surface area contributed by atoms with Crippen LogP contribution >= 0.6 is 0 Å². The third-order valence-corrected chi connectivity index (χ3v) is 3.07. The fourth-order valence-electron chi connectivity index (χ4n) is 1.97. The van der Waals surface area contributed by atoms with Crippen molar-refractivity contribution >= 4 is 5.78 Å². The molecule has 1 aromatic carbocycles. The number of hydrogen-bond acceptors (Lipinski definition) is 3. The molecule has 0 radical (unpaired) electrons. The van der Waals surface area contributed by atoms with E-state index in [0.717, 1.165) is 11.4 Å². The molecule has 0 amide bonds. The van der Waals surface area contributed by atoms with Crippen molar-refractivity contribution in [3.05, 3.63) is 41.0 Å². The second-order valence-corrected chi connectivity index (χ2v) is 4.36. The molecule has 2 rings (SSSR count). The summed E-state index contributed by atoms with van der Waals surface area (Å²) in [7, 11) is 0. The van der Waals surface area contributed by atoms with E-state index >= 15 is 0 Å². The highest BCUT2D eigenvalue weighted by Crippen LogP contribution is 2.17. The molecule has 100 valence electrons. The maximum Gasteiger partial charge on any atom is 0.184 e. The summed E-state index contributed by atoms with van der Waals surface area (Å²) in [6.07, 6.45) is 1.04. The smallest absolute Gasteiger partial charge is 0.184 e. The monoisotopic (exact) mass is 261 g/mol. The van der Waals surface area contributed by atoms with Crippen LogP contribution in [0.4, 0.5) is 4.39 Å². The Morgan fingerprint density at radius 3 is 2.68 bits per heavy atom. The normalized spacial score (nSPS) is 10.7. The minimum absolute atomic E-state index is 0.0260. The number of aromatic nitrogens is 3. The molecule has 2 aromatic rings. The summed E-state index contributed by atoms with van der Waals surface area (Å²) in [6, 6.07) is 4.73. The second-order valence-electron chi connectivity index (χ2n) is 4.36. The molecular formula is C14H16FN3O. The van der Waals surface area contributed by atoms with E-state index in [1.165, 1.54) is 6.07 Å². The van der Waals surface area contributed by atoms with Crippen molar-refractivity contribution in [3.8, 4) is 5.69 Å². The minimum Gasteiger partial charge on any atom is -0.292 e. The van der Waals surface area contributed by atoms with Crippen molar-refractivity contribution in [1.29, 1.82) is 0 Å². The molecule has 0 N–H and O–H groups in total. The summed E-state index contributed by atoms with van der Waals surface area (Å²) >= 11 is 0. The summed E-state index contributed by atoms with van der Waals surface area (Å²) in [5, 5.41) is 7.98. The van der Waals surface area contributed by atoms with Gasteiger partial charge in [0.15, 0.2) is 11.5 Å². The number of benzene rings is 1. The van der Waals surface area contributed by atoms with Crippen molar-refractivity contribution in [2.75, 3.05) is 0 Å².